The van der Waals surface area contributed by atoms with Gasteiger partial charge in [-0.1, -0.05) is 49.2 Å². The fraction of sp³-hybridized carbons (Fsp3) is 0.625. The first-order chi connectivity index (χ1) is 9.49. The maximum atomic E-state index is 10.3. The lowest BCUT2D eigenvalue weighted by molar-refractivity contribution is 0.103. The number of aliphatic hydroxyl groups is 1. The summed E-state index contributed by atoms with van der Waals surface area (Å²) >= 11 is 12.1. The molecular formula is C16H23Cl2NO. The summed E-state index contributed by atoms with van der Waals surface area (Å²) in [5, 5.41) is 11.3. The van der Waals surface area contributed by atoms with Gasteiger partial charge in [-0.25, -0.2) is 0 Å². The van der Waals surface area contributed by atoms with Crippen LogP contribution in [0, 0.1) is 11.8 Å². The maximum Gasteiger partial charge on any atom is 0.0817 e. The summed E-state index contributed by atoms with van der Waals surface area (Å²) in [5.74, 6) is 1.54. The summed E-state index contributed by atoms with van der Waals surface area (Å²) in [7, 11) is 0. The van der Waals surface area contributed by atoms with Crippen molar-refractivity contribution in [2.75, 3.05) is 19.6 Å². The van der Waals surface area contributed by atoms with Crippen LogP contribution in [-0.2, 0) is 0 Å². The number of piperidine rings is 1. The predicted octanol–water partition coefficient (Wildman–Crippen LogP) is 4.39. The van der Waals surface area contributed by atoms with E-state index in [2.05, 4.69) is 18.7 Å². The summed E-state index contributed by atoms with van der Waals surface area (Å²) in [5.41, 5.74) is 0.734. The molecule has 0 aromatic heterocycles. The number of likely N-dealkylation sites (tertiary alicyclic amines) is 1. The van der Waals surface area contributed by atoms with E-state index in [0.29, 0.717) is 16.5 Å². The second-order valence-electron chi connectivity index (χ2n) is 5.99. The fourth-order valence-electron chi connectivity index (χ4n) is 2.79. The van der Waals surface area contributed by atoms with Crippen molar-refractivity contribution in [2.45, 2.75) is 32.8 Å². The monoisotopic (exact) mass is 315 g/mol. The lowest BCUT2D eigenvalue weighted by Crippen LogP contribution is -2.39. The maximum absolute atomic E-state index is 10.3. The van der Waals surface area contributed by atoms with Gasteiger partial charge in [0.1, 0.15) is 0 Å². The van der Waals surface area contributed by atoms with Crippen molar-refractivity contribution in [3.63, 3.8) is 0 Å². The summed E-state index contributed by atoms with van der Waals surface area (Å²) in [4.78, 5) is 2.44. The molecule has 1 fully saturated rings. The van der Waals surface area contributed by atoms with Crippen LogP contribution in [0.1, 0.15) is 38.4 Å². The zero-order valence-electron chi connectivity index (χ0n) is 12.1. The average molecular weight is 316 g/mol. The number of rotatable bonds is 4. The SMILES string of the molecule is CC1CCN(CCC(O)c2cccc(Cl)c2Cl)CC1C. The molecule has 1 aromatic carbocycles. The molecule has 1 aliphatic heterocycles. The van der Waals surface area contributed by atoms with Crippen molar-refractivity contribution < 1.29 is 5.11 Å². The van der Waals surface area contributed by atoms with Crippen molar-refractivity contribution >= 4 is 23.2 Å². The average Bonchev–Trinajstić information content (AvgIpc) is 2.43. The van der Waals surface area contributed by atoms with Gasteiger partial charge in [-0.3, -0.25) is 0 Å². The summed E-state index contributed by atoms with van der Waals surface area (Å²) in [6.07, 6.45) is 1.40. The van der Waals surface area contributed by atoms with E-state index in [9.17, 15) is 5.11 Å². The van der Waals surface area contributed by atoms with Gasteiger partial charge in [0, 0.05) is 18.7 Å². The Morgan fingerprint density at radius 2 is 2.05 bits per heavy atom. The van der Waals surface area contributed by atoms with Crippen LogP contribution >= 0.6 is 23.2 Å². The summed E-state index contributed by atoms with van der Waals surface area (Å²) < 4.78 is 0. The lowest BCUT2D eigenvalue weighted by Gasteiger charge is -2.35. The van der Waals surface area contributed by atoms with Crippen molar-refractivity contribution in [3.05, 3.63) is 33.8 Å². The van der Waals surface area contributed by atoms with E-state index < -0.39 is 6.10 Å². The second kappa shape index (κ2) is 7.13. The first-order valence-electron chi connectivity index (χ1n) is 7.33. The molecule has 2 nitrogen and oxygen atoms in total. The molecule has 3 unspecified atom stereocenters. The molecule has 0 spiro atoms. The van der Waals surface area contributed by atoms with E-state index in [1.165, 1.54) is 6.42 Å². The molecule has 2 rings (SSSR count). The van der Waals surface area contributed by atoms with E-state index >= 15 is 0 Å². The molecule has 4 heteroatoms. The molecule has 1 N–H and O–H groups in total. The number of benzene rings is 1. The molecule has 1 heterocycles. The third-order valence-corrected chi connectivity index (χ3v) is 5.31. The van der Waals surface area contributed by atoms with Crippen LogP contribution in [0.15, 0.2) is 18.2 Å². The van der Waals surface area contributed by atoms with Gasteiger partial charge < -0.3 is 10.0 Å². The lowest BCUT2D eigenvalue weighted by atomic mass is 9.88. The Morgan fingerprint density at radius 1 is 1.30 bits per heavy atom. The molecule has 20 heavy (non-hydrogen) atoms. The normalized spacial score (nSPS) is 25.6. The van der Waals surface area contributed by atoms with E-state index in [4.69, 9.17) is 23.2 Å². The zero-order valence-corrected chi connectivity index (χ0v) is 13.7. The summed E-state index contributed by atoms with van der Waals surface area (Å²) in [6.45, 7) is 7.78. The molecule has 1 aromatic rings. The van der Waals surface area contributed by atoms with E-state index in [0.717, 1.165) is 37.0 Å². The highest BCUT2D eigenvalue weighted by Crippen LogP contribution is 2.31. The zero-order chi connectivity index (χ0) is 14.7. The van der Waals surface area contributed by atoms with Crippen LogP contribution in [0.2, 0.25) is 10.0 Å². The molecule has 3 atom stereocenters. The van der Waals surface area contributed by atoms with Crippen molar-refractivity contribution in [3.8, 4) is 0 Å². The van der Waals surface area contributed by atoms with Crippen molar-refractivity contribution in [1.82, 2.24) is 4.90 Å². The Balaban J connectivity index is 1.89. The van der Waals surface area contributed by atoms with Crippen molar-refractivity contribution in [2.24, 2.45) is 11.8 Å². The quantitative estimate of drug-likeness (QED) is 0.890. The minimum atomic E-state index is -0.546. The second-order valence-corrected chi connectivity index (χ2v) is 6.78. The van der Waals surface area contributed by atoms with Gasteiger partial charge in [0.15, 0.2) is 0 Å². The van der Waals surface area contributed by atoms with Crippen LogP contribution in [0.25, 0.3) is 0 Å². The standard InChI is InChI=1S/C16H23Cl2NO/c1-11-6-8-19(10-12(11)2)9-7-15(20)13-4-3-5-14(17)16(13)18/h3-5,11-12,15,20H,6-10H2,1-2H3. The van der Waals surface area contributed by atoms with Crippen LogP contribution in [0.5, 0.6) is 0 Å². The molecule has 1 saturated heterocycles. The van der Waals surface area contributed by atoms with Gasteiger partial charge in [0.2, 0.25) is 0 Å². The van der Waals surface area contributed by atoms with Crippen molar-refractivity contribution in [1.29, 1.82) is 0 Å². The number of halogens is 2. The summed E-state index contributed by atoms with van der Waals surface area (Å²) in [6, 6.07) is 5.42. The third-order valence-electron chi connectivity index (χ3n) is 4.48. The number of nitrogens with zero attached hydrogens (tertiary/aromatic N) is 1. The van der Waals surface area contributed by atoms with Crippen LogP contribution in [0.4, 0.5) is 0 Å². The predicted molar refractivity (Wildman–Crippen MR) is 85.4 cm³/mol. The van der Waals surface area contributed by atoms with Gasteiger partial charge in [-0.15, -0.1) is 0 Å². The topological polar surface area (TPSA) is 23.5 Å². The molecule has 112 valence electrons. The highest BCUT2D eigenvalue weighted by atomic mass is 35.5. The van der Waals surface area contributed by atoms with Crippen LogP contribution < -0.4 is 0 Å². The molecular weight excluding hydrogens is 293 g/mol. The number of hydrogen-bond donors (Lipinski definition) is 1. The largest absolute Gasteiger partial charge is 0.388 e. The number of hydrogen-bond acceptors (Lipinski definition) is 2. The fourth-order valence-corrected chi connectivity index (χ4v) is 3.22. The van der Waals surface area contributed by atoms with Gasteiger partial charge >= 0.3 is 0 Å². The molecule has 0 radical (unpaired) electrons. The Bertz CT molecular complexity index is 452. The van der Waals surface area contributed by atoms with Crippen LogP contribution in [0.3, 0.4) is 0 Å². The van der Waals surface area contributed by atoms with Gasteiger partial charge in [-0.2, -0.15) is 0 Å². The van der Waals surface area contributed by atoms with E-state index in [1.807, 2.05) is 12.1 Å². The van der Waals surface area contributed by atoms with Crippen LogP contribution in [-0.4, -0.2) is 29.6 Å². The van der Waals surface area contributed by atoms with Gasteiger partial charge in [0.25, 0.3) is 0 Å². The minimum absolute atomic E-state index is 0.474. The van der Waals surface area contributed by atoms with Gasteiger partial charge in [-0.05, 0) is 37.3 Å². The Kier molecular flexibility index (Phi) is 5.74. The first-order valence-corrected chi connectivity index (χ1v) is 8.09. The van der Waals surface area contributed by atoms with E-state index in [1.54, 1.807) is 6.07 Å². The highest BCUT2D eigenvalue weighted by Gasteiger charge is 2.23. The molecule has 0 saturated carbocycles. The third kappa shape index (κ3) is 3.88. The molecule has 0 aliphatic carbocycles. The smallest absolute Gasteiger partial charge is 0.0817 e. The Hall–Kier alpha value is -0.280. The van der Waals surface area contributed by atoms with Gasteiger partial charge in [0.05, 0.1) is 16.1 Å². The molecule has 0 bridgehead atoms. The number of aliphatic hydroxyl groups excluding tert-OH is 1. The highest BCUT2D eigenvalue weighted by molar-refractivity contribution is 6.42. The Morgan fingerprint density at radius 3 is 2.75 bits per heavy atom. The Labute approximate surface area is 131 Å². The van der Waals surface area contributed by atoms with E-state index in [-0.39, 0.29) is 0 Å². The molecule has 0 amide bonds. The molecule has 1 aliphatic rings. The first kappa shape index (κ1) is 16.1. The minimum Gasteiger partial charge on any atom is -0.388 e.